The number of hydrogen-bond donors (Lipinski definition) is 1. The van der Waals surface area contributed by atoms with Crippen molar-refractivity contribution in [3.8, 4) is 0 Å². The molecule has 0 atom stereocenters. The standard InChI is InChI=1S/C25H25F3N6O/c1-14-6-4-5-7-18(14)12-33-15(2)10-21(32-33)30-22(35)13-34-24-23(16(3)31-34)19(25(26,27)28)11-20(29-24)17-8-9-17/h4-7,10-11,17H,8-9,12-13H2,1-3H3,(H,30,32,35). The zero-order valence-electron chi connectivity index (χ0n) is 19.6. The highest BCUT2D eigenvalue weighted by Crippen LogP contribution is 2.43. The molecular formula is C25H25F3N6O. The number of amides is 1. The fourth-order valence-electron chi connectivity index (χ4n) is 4.29. The quantitative estimate of drug-likeness (QED) is 0.413. The Hall–Kier alpha value is -3.69. The summed E-state index contributed by atoms with van der Waals surface area (Å²) in [6.07, 6.45) is -2.91. The minimum absolute atomic E-state index is 0.0261. The van der Waals surface area contributed by atoms with Crippen molar-refractivity contribution in [2.24, 2.45) is 0 Å². The Bertz CT molecular complexity index is 1430. The second-order valence-electron chi connectivity index (χ2n) is 9.11. The number of rotatable bonds is 6. The van der Waals surface area contributed by atoms with E-state index in [4.69, 9.17) is 0 Å². The monoisotopic (exact) mass is 482 g/mol. The van der Waals surface area contributed by atoms with E-state index in [0.717, 1.165) is 35.7 Å². The molecule has 0 bridgehead atoms. The molecule has 0 saturated heterocycles. The van der Waals surface area contributed by atoms with E-state index >= 15 is 0 Å². The lowest BCUT2D eigenvalue weighted by molar-refractivity contribution is -0.136. The summed E-state index contributed by atoms with van der Waals surface area (Å²) in [7, 11) is 0. The Morgan fingerprint density at radius 3 is 2.51 bits per heavy atom. The van der Waals surface area contributed by atoms with Gasteiger partial charge in [0, 0.05) is 23.4 Å². The summed E-state index contributed by atoms with van der Waals surface area (Å²) in [5, 5.41) is 11.4. The number of anilines is 1. The number of nitrogens with one attached hydrogen (secondary N) is 1. The summed E-state index contributed by atoms with van der Waals surface area (Å²) >= 11 is 0. The molecule has 3 heterocycles. The van der Waals surface area contributed by atoms with Crippen molar-refractivity contribution in [1.82, 2.24) is 24.5 Å². The van der Waals surface area contributed by atoms with Crippen LogP contribution in [0.5, 0.6) is 0 Å². The molecule has 5 rings (SSSR count). The van der Waals surface area contributed by atoms with E-state index in [1.807, 2.05) is 38.1 Å². The summed E-state index contributed by atoms with van der Waals surface area (Å²) < 4.78 is 44.4. The molecule has 35 heavy (non-hydrogen) atoms. The molecule has 3 aromatic heterocycles. The average molecular weight is 483 g/mol. The third-order valence-corrected chi connectivity index (χ3v) is 6.32. The van der Waals surface area contributed by atoms with Crippen LogP contribution in [0.4, 0.5) is 19.0 Å². The van der Waals surface area contributed by atoms with Crippen LogP contribution in [0.3, 0.4) is 0 Å². The smallest absolute Gasteiger partial charge is 0.308 e. The van der Waals surface area contributed by atoms with E-state index in [1.54, 1.807) is 10.7 Å². The van der Waals surface area contributed by atoms with Crippen LogP contribution < -0.4 is 5.32 Å². The predicted molar refractivity (Wildman–Crippen MR) is 125 cm³/mol. The number of halogens is 3. The first-order valence-electron chi connectivity index (χ1n) is 11.4. The van der Waals surface area contributed by atoms with Gasteiger partial charge in [0.05, 0.1) is 23.2 Å². The molecule has 1 fully saturated rings. The molecule has 7 nitrogen and oxygen atoms in total. The van der Waals surface area contributed by atoms with Gasteiger partial charge in [0.15, 0.2) is 11.5 Å². The molecule has 0 radical (unpaired) electrons. The number of carbonyl (C=O) groups excluding carboxylic acids is 1. The van der Waals surface area contributed by atoms with Gasteiger partial charge < -0.3 is 5.32 Å². The molecule has 0 spiro atoms. The molecule has 1 aromatic carbocycles. The van der Waals surface area contributed by atoms with E-state index in [2.05, 4.69) is 20.5 Å². The molecule has 0 unspecified atom stereocenters. The normalized spacial score (nSPS) is 14.0. The van der Waals surface area contributed by atoms with E-state index in [-0.39, 0.29) is 29.2 Å². The number of hydrogen-bond acceptors (Lipinski definition) is 4. The van der Waals surface area contributed by atoms with Crippen LogP contribution in [-0.4, -0.2) is 30.5 Å². The summed E-state index contributed by atoms with van der Waals surface area (Å²) in [5.41, 5.74) is 3.05. The number of benzene rings is 1. The molecular weight excluding hydrogens is 457 g/mol. The van der Waals surface area contributed by atoms with Crippen LogP contribution in [0.15, 0.2) is 36.4 Å². The van der Waals surface area contributed by atoms with Gasteiger partial charge in [-0.05, 0) is 50.8 Å². The molecule has 1 aliphatic carbocycles. The molecule has 1 N–H and O–H groups in total. The molecule has 10 heteroatoms. The van der Waals surface area contributed by atoms with Gasteiger partial charge in [0.2, 0.25) is 5.91 Å². The Morgan fingerprint density at radius 1 is 1.09 bits per heavy atom. The zero-order chi connectivity index (χ0) is 24.9. The highest BCUT2D eigenvalue weighted by atomic mass is 19.4. The summed E-state index contributed by atoms with van der Waals surface area (Å²) in [4.78, 5) is 17.3. The molecule has 0 aliphatic heterocycles. The van der Waals surface area contributed by atoms with Crippen molar-refractivity contribution in [3.63, 3.8) is 0 Å². The van der Waals surface area contributed by atoms with E-state index < -0.39 is 17.6 Å². The number of carbonyl (C=O) groups is 1. The minimum atomic E-state index is -4.53. The maximum atomic E-state index is 13.8. The third-order valence-electron chi connectivity index (χ3n) is 6.32. The molecule has 4 aromatic rings. The minimum Gasteiger partial charge on any atom is -0.308 e. The Morgan fingerprint density at radius 2 is 1.83 bits per heavy atom. The highest BCUT2D eigenvalue weighted by molar-refractivity contribution is 5.91. The molecule has 182 valence electrons. The van der Waals surface area contributed by atoms with Gasteiger partial charge >= 0.3 is 6.18 Å². The first kappa shape index (κ1) is 23.1. The van der Waals surface area contributed by atoms with E-state index in [9.17, 15) is 18.0 Å². The molecule has 1 amide bonds. The topological polar surface area (TPSA) is 77.6 Å². The van der Waals surface area contributed by atoms with Gasteiger partial charge in [-0.2, -0.15) is 23.4 Å². The van der Waals surface area contributed by atoms with Crippen molar-refractivity contribution in [2.75, 3.05) is 5.32 Å². The second kappa shape index (κ2) is 8.51. The lowest BCUT2D eigenvalue weighted by atomic mass is 10.1. The Kier molecular flexibility index (Phi) is 5.61. The molecule has 1 aliphatic rings. The van der Waals surface area contributed by atoms with Crippen molar-refractivity contribution < 1.29 is 18.0 Å². The number of aryl methyl sites for hydroxylation is 3. The van der Waals surface area contributed by atoms with Crippen LogP contribution in [-0.2, 0) is 24.1 Å². The van der Waals surface area contributed by atoms with Gasteiger partial charge in [-0.25, -0.2) is 9.67 Å². The maximum absolute atomic E-state index is 13.8. The van der Waals surface area contributed by atoms with Gasteiger partial charge in [0.25, 0.3) is 0 Å². The predicted octanol–water partition coefficient (Wildman–Crippen LogP) is 5.14. The van der Waals surface area contributed by atoms with Crippen LogP contribution in [0, 0.1) is 20.8 Å². The van der Waals surface area contributed by atoms with E-state index in [0.29, 0.717) is 18.1 Å². The number of aromatic nitrogens is 5. The lowest BCUT2D eigenvalue weighted by Gasteiger charge is -2.11. The van der Waals surface area contributed by atoms with Crippen LogP contribution >= 0.6 is 0 Å². The van der Waals surface area contributed by atoms with Crippen molar-refractivity contribution >= 4 is 22.8 Å². The van der Waals surface area contributed by atoms with E-state index in [1.165, 1.54) is 11.6 Å². The summed E-state index contributed by atoms with van der Waals surface area (Å²) in [6.45, 7) is 5.71. The van der Waals surface area contributed by atoms with Crippen LogP contribution in [0.1, 0.15) is 52.5 Å². The van der Waals surface area contributed by atoms with Crippen molar-refractivity contribution in [2.45, 2.75) is 58.8 Å². The highest BCUT2D eigenvalue weighted by Gasteiger charge is 2.37. The fraction of sp³-hybridized carbons (Fsp3) is 0.360. The summed E-state index contributed by atoms with van der Waals surface area (Å²) in [5.74, 6) is -0.0443. The maximum Gasteiger partial charge on any atom is 0.417 e. The second-order valence-corrected chi connectivity index (χ2v) is 9.11. The molecule has 1 saturated carbocycles. The zero-order valence-corrected chi connectivity index (χ0v) is 19.6. The first-order valence-corrected chi connectivity index (χ1v) is 11.4. The van der Waals surface area contributed by atoms with Gasteiger partial charge in [-0.15, -0.1) is 0 Å². The van der Waals surface area contributed by atoms with Crippen LogP contribution in [0.2, 0.25) is 0 Å². The van der Waals surface area contributed by atoms with Gasteiger partial charge in [0.1, 0.15) is 6.54 Å². The van der Waals surface area contributed by atoms with Crippen LogP contribution in [0.25, 0.3) is 11.0 Å². The largest absolute Gasteiger partial charge is 0.417 e. The number of fused-ring (bicyclic) bond motifs is 1. The number of alkyl halides is 3. The van der Waals surface area contributed by atoms with Crippen molar-refractivity contribution in [1.29, 1.82) is 0 Å². The third kappa shape index (κ3) is 4.65. The van der Waals surface area contributed by atoms with Crippen molar-refractivity contribution in [3.05, 3.63) is 70.2 Å². The lowest BCUT2D eigenvalue weighted by Crippen LogP contribution is -2.20. The first-order chi connectivity index (χ1) is 16.6. The average Bonchev–Trinajstić information content (AvgIpc) is 3.52. The Balaban J connectivity index is 1.39. The fourth-order valence-corrected chi connectivity index (χ4v) is 4.29. The van der Waals surface area contributed by atoms with Gasteiger partial charge in [-0.1, -0.05) is 24.3 Å². The number of pyridine rings is 1. The summed E-state index contributed by atoms with van der Waals surface area (Å²) in [6, 6.07) is 10.9. The van der Waals surface area contributed by atoms with Gasteiger partial charge in [-0.3, -0.25) is 9.48 Å². The SMILES string of the molecule is Cc1ccccc1Cn1nc(NC(=O)Cn2nc(C)c3c(C(F)(F)F)cc(C4CC4)nc32)cc1C. The Labute approximate surface area is 200 Å². The number of nitrogens with zero attached hydrogens (tertiary/aromatic N) is 5.